The molecule has 1 saturated carbocycles. The van der Waals surface area contributed by atoms with Crippen LogP contribution in [0.5, 0.6) is 11.6 Å². The number of hydrogen-bond acceptors (Lipinski definition) is 5. The van der Waals surface area contributed by atoms with Crippen LogP contribution in [0.25, 0.3) is 11.1 Å². The summed E-state index contributed by atoms with van der Waals surface area (Å²) in [4.78, 5) is 38.8. The van der Waals surface area contributed by atoms with E-state index in [0.717, 1.165) is 29.7 Å². The van der Waals surface area contributed by atoms with Crippen LogP contribution in [0.1, 0.15) is 46.4 Å². The van der Waals surface area contributed by atoms with Crippen LogP contribution in [0.4, 0.5) is 9.18 Å². The van der Waals surface area contributed by atoms with Crippen molar-refractivity contribution in [2.24, 2.45) is 0 Å². The number of pyridine rings is 1. The van der Waals surface area contributed by atoms with Gasteiger partial charge in [-0.05, 0) is 61.1 Å². The summed E-state index contributed by atoms with van der Waals surface area (Å²) in [5.41, 5.74) is 2.12. The second-order valence-corrected chi connectivity index (χ2v) is 8.35. The Morgan fingerprint density at radius 2 is 1.63 bits per heavy atom. The van der Waals surface area contributed by atoms with E-state index >= 15 is 0 Å². The molecule has 1 aliphatic carbocycles. The summed E-state index contributed by atoms with van der Waals surface area (Å²) in [5.74, 6) is -0.830. The fraction of sp³-hybridized carbons (Fsp3) is 0.231. The lowest BCUT2D eigenvalue weighted by Crippen LogP contribution is -2.43. The number of amides is 2. The Morgan fingerprint density at radius 3 is 2.31 bits per heavy atom. The summed E-state index contributed by atoms with van der Waals surface area (Å²) >= 11 is 0. The first-order chi connectivity index (χ1) is 16.9. The first-order valence-electron chi connectivity index (χ1n) is 11.2. The normalized spacial score (nSPS) is 17.3. The fourth-order valence-electron chi connectivity index (χ4n) is 4.13. The van der Waals surface area contributed by atoms with Crippen LogP contribution in [-0.2, 0) is 0 Å². The highest BCUT2D eigenvalue weighted by atomic mass is 19.1. The average Bonchev–Trinajstić information content (AvgIpc) is 2.86. The molecule has 1 aliphatic rings. The number of nitrogens with zero attached hydrogens (tertiary/aromatic N) is 1. The van der Waals surface area contributed by atoms with Crippen LogP contribution >= 0.6 is 0 Å². The second kappa shape index (κ2) is 10.8. The smallest absolute Gasteiger partial charge is 0.404 e. The van der Waals surface area contributed by atoms with E-state index < -0.39 is 17.8 Å². The van der Waals surface area contributed by atoms with Crippen LogP contribution in [0, 0.1) is 5.82 Å². The highest BCUT2D eigenvalue weighted by molar-refractivity contribution is 5.96. The Kier molecular flexibility index (Phi) is 7.35. The summed E-state index contributed by atoms with van der Waals surface area (Å²) in [5, 5.41) is 14.2. The van der Waals surface area contributed by atoms with Crippen LogP contribution in [0.15, 0.2) is 60.8 Å². The molecule has 9 heteroatoms. The van der Waals surface area contributed by atoms with Gasteiger partial charge in [0.05, 0.1) is 6.20 Å². The van der Waals surface area contributed by atoms with Gasteiger partial charge >= 0.3 is 6.09 Å². The molecule has 8 nitrogen and oxygen atoms in total. The molecule has 0 unspecified atom stereocenters. The standard InChI is InChI=1S/C26H24FN3O5/c27-19-13-23(24(32)29-20-7-9-21(10-8-20)30-26(33)34)25(28-14-19)35-22-6-2-5-18(12-22)17-4-1-3-16(11-17)15-31/h1-6,11-15,20-21,30H,7-10H2,(H,29,32)(H,33,34). The van der Waals surface area contributed by atoms with Crippen molar-refractivity contribution in [1.29, 1.82) is 0 Å². The van der Waals surface area contributed by atoms with Crippen molar-refractivity contribution in [2.75, 3.05) is 0 Å². The fourth-order valence-corrected chi connectivity index (χ4v) is 4.13. The van der Waals surface area contributed by atoms with Gasteiger partial charge in [-0.15, -0.1) is 0 Å². The first-order valence-corrected chi connectivity index (χ1v) is 11.2. The molecular weight excluding hydrogens is 453 g/mol. The minimum atomic E-state index is -1.06. The molecule has 35 heavy (non-hydrogen) atoms. The van der Waals surface area contributed by atoms with Crippen LogP contribution in [0.3, 0.4) is 0 Å². The molecule has 4 rings (SSSR count). The number of carbonyl (C=O) groups excluding carboxylic acids is 2. The maximum atomic E-state index is 14.0. The number of carbonyl (C=O) groups is 3. The molecular formula is C26H24FN3O5. The van der Waals surface area contributed by atoms with Crippen molar-refractivity contribution in [3.05, 3.63) is 77.7 Å². The molecule has 0 spiro atoms. The SMILES string of the molecule is O=Cc1cccc(-c2cccc(Oc3ncc(F)cc3C(=O)NC3CCC(NC(=O)O)CC3)c2)c1. The van der Waals surface area contributed by atoms with E-state index in [-0.39, 0.29) is 23.5 Å². The van der Waals surface area contributed by atoms with Gasteiger partial charge in [0.25, 0.3) is 5.91 Å². The van der Waals surface area contributed by atoms with E-state index in [2.05, 4.69) is 15.6 Å². The third-order valence-electron chi connectivity index (χ3n) is 5.86. The number of aromatic nitrogens is 1. The predicted molar refractivity (Wildman–Crippen MR) is 126 cm³/mol. The van der Waals surface area contributed by atoms with Gasteiger partial charge in [0.15, 0.2) is 0 Å². The molecule has 0 atom stereocenters. The molecule has 1 aromatic heterocycles. The summed E-state index contributed by atoms with van der Waals surface area (Å²) < 4.78 is 19.8. The lowest BCUT2D eigenvalue weighted by Gasteiger charge is -2.29. The molecule has 1 heterocycles. The average molecular weight is 477 g/mol. The van der Waals surface area contributed by atoms with Crippen LogP contribution < -0.4 is 15.4 Å². The summed E-state index contributed by atoms with van der Waals surface area (Å²) in [6.07, 6.45) is 3.07. The number of rotatable bonds is 7. The second-order valence-electron chi connectivity index (χ2n) is 8.35. The van der Waals surface area contributed by atoms with Crippen molar-refractivity contribution in [3.8, 4) is 22.8 Å². The third-order valence-corrected chi connectivity index (χ3v) is 5.86. The number of halogens is 1. The maximum Gasteiger partial charge on any atom is 0.404 e. The largest absolute Gasteiger partial charge is 0.465 e. The van der Waals surface area contributed by atoms with E-state index in [9.17, 15) is 18.8 Å². The van der Waals surface area contributed by atoms with Crippen molar-refractivity contribution in [1.82, 2.24) is 15.6 Å². The maximum absolute atomic E-state index is 14.0. The quantitative estimate of drug-likeness (QED) is 0.421. The molecule has 1 fully saturated rings. The molecule has 0 aliphatic heterocycles. The summed E-state index contributed by atoms with van der Waals surface area (Å²) in [6, 6.07) is 14.9. The third kappa shape index (κ3) is 6.20. The van der Waals surface area contributed by atoms with Gasteiger partial charge in [-0.1, -0.05) is 30.3 Å². The molecule has 2 amide bonds. The zero-order valence-electron chi connectivity index (χ0n) is 18.7. The van der Waals surface area contributed by atoms with Crippen molar-refractivity contribution >= 4 is 18.3 Å². The van der Waals surface area contributed by atoms with E-state index in [4.69, 9.17) is 9.84 Å². The monoisotopic (exact) mass is 477 g/mol. The molecule has 2 aromatic carbocycles. The van der Waals surface area contributed by atoms with Gasteiger partial charge in [-0.2, -0.15) is 0 Å². The van der Waals surface area contributed by atoms with E-state index in [1.54, 1.807) is 36.4 Å². The number of ether oxygens (including phenoxy) is 1. The molecule has 3 aromatic rings. The Hall–Kier alpha value is -4.27. The summed E-state index contributed by atoms with van der Waals surface area (Å²) in [6.45, 7) is 0. The number of nitrogens with one attached hydrogen (secondary N) is 2. The van der Waals surface area contributed by atoms with Gasteiger partial charge in [-0.25, -0.2) is 14.2 Å². The predicted octanol–water partition coefficient (Wildman–Crippen LogP) is 4.80. The number of benzene rings is 2. The zero-order chi connectivity index (χ0) is 24.8. The zero-order valence-corrected chi connectivity index (χ0v) is 18.7. The lowest BCUT2D eigenvalue weighted by atomic mass is 9.91. The van der Waals surface area contributed by atoms with Gasteiger partial charge in [0.2, 0.25) is 5.88 Å². The molecule has 0 radical (unpaired) electrons. The van der Waals surface area contributed by atoms with Crippen molar-refractivity contribution < 1.29 is 28.6 Å². The number of carboxylic acid groups (broad SMARTS) is 1. The van der Waals surface area contributed by atoms with Gasteiger partial charge in [0.1, 0.15) is 23.4 Å². The van der Waals surface area contributed by atoms with Crippen LogP contribution in [0.2, 0.25) is 0 Å². The van der Waals surface area contributed by atoms with Gasteiger partial charge in [-0.3, -0.25) is 9.59 Å². The highest BCUT2D eigenvalue weighted by Gasteiger charge is 2.25. The lowest BCUT2D eigenvalue weighted by molar-refractivity contribution is 0.0919. The number of aldehydes is 1. The van der Waals surface area contributed by atoms with E-state index in [1.807, 2.05) is 12.1 Å². The Balaban J connectivity index is 1.49. The molecule has 0 saturated heterocycles. The minimum absolute atomic E-state index is 0.0378. The molecule has 180 valence electrons. The number of hydrogen-bond donors (Lipinski definition) is 3. The Labute approximate surface area is 201 Å². The summed E-state index contributed by atoms with van der Waals surface area (Å²) in [7, 11) is 0. The van der Waals surface area contributed by atoms with E-state index in [0.29, 0.717) is 37.0 Å². The highest BCUT2D eigenvalue weighted by Crippen LogP contribution is 2.29. The molecule has 3 N–H and O–H groups in total. The Morgan fingerprint density at radius 1 is 0.971 bits per heavy atom. The van der Waals surface area contributed by atoms with Gasteiger partial charge in [0, 0.05) is 17.6 Å². The first kappa shape index (κ1) is 23.9. The van der Waals surface area contributed by atoms with Crippen molar-refractivity contribution in [2.45, 2.75) is 37.8 Å². The minimum Gasteiger partial charge on any atom is -0.465 e. The molecule has 0 bridgehead atoms. The van der Waals surface area contributed by atoms with Gasteiger partial charge < -0.3 is 20.5 Å². The topological polar surface area (TPSA) is 118 Å². The Bertz CT molecular complexity index is 1240. The van der Waals surface area contributed by atoms with Crippen molar-refractivity contribution in [3.63, 3.8) is 0 Å². The van der Waals surface area contributed by atoms with E-state index in [1.165, 1.54) is 0 Å². The van der Waals surface area contributed by atoms with Crippen LogP contribution in [-0.4, -0.2) is 40.5 Å².